The van der Waals surface area contributed by atoms with Gasteiger partial charge in [0.1, 0.15) is 6.04 Å². The SMILES string of the molecule is CCC/C=C/CCC(=O)NCCN(CCCO)C(C)C(=O)O. The fourth-order valence-corrected chi connectivity index (χ4v) is 1.97. The van der Waals surface area contributed by atoms with Crippen LogP contribution in [-0.2, 0) is 9.59 Å². The molecule has 0 aliphatic carbocycles. The first-order valence-electron chi connectivity index (χ1n) is 8.02. The van der Waals surface area contributed by atoms with E-state index in [-0.39, 0.29) is 12.5 Å². The summed E-state index contributed by atoms with van der Waals surface area (Å²) in [5.74, 6) is -0.920. The van der Waals surface area contributed by atoms with Crippen LogP contribution in [0.25, 0.3) is 0 Å². The number of carboxylic acid groups (broad SMARTS) is 1. The number of amides is 1. The zero-order chi connectivity index (χ0) is 16.8. The number of carbonyl (C=O) groups excluding carboxylic acids is 1. The predicted molar refractivity (Wildman–Crippen MR) is 86.7 cm³/mol. The molecule has 6 heteroatoms. The number of hydrogen-bond donors (Lipinski definition) is 3. The summed E-state index contributed by atoms with van der Waals surface area (Å²) in [7, 11) is 0. The topological polar surface area (TPSA) is 89.9 Å². The Kier molecular flexibility index (Phi) is 12.4. The lowest BCUT2D eigenvalue weighted by Crippen LogP contribution is -2.44. The number of carboxylic acids is 1. The first-order valence-corrected chi connectivity index (χ1v) is 8.02. The zero-order valence-corrected chi connectivity index (χ0v) is 13.8. The molecule has 22 heavy (non-hydrogen) atoms. The Balaban J connectivity index is 3.99. The van der Waals surface area contributed by atoms with Gasteiger partial charge in [0.25, 0.3) is 0 Å². The molecule has 6 nitrogen and oxygen atoms in total. The lowest BCUT2D eigenvalue weighted by molar-refractivity contribution is -0.142. The Bertz CT molecular complexity index is 345. The summed E-state index contributed by atoms with van der Waals surface area (Å²) in [5, 5.41) is 20.7. The van der Waals surface area contributed by atoms with Crippen LogP contribution in [-0.4, -0.2) is 59.3 Å². The number of aliphatic hydroxyl groups is 1. The van der Waals surface area contributed by atoms with E-state index in [0.29, 0.717) is 32.5 Å². The predicted octanol–water partition coefficient (Wildman–Crippen LogP) is 1.40. The van der Waals surface area contributed by atoms with Gasteiger partial charge in [-0.25, -0.2) is 0 Å². The number of unbranched alkanes of at least 4 members (excludes halogenated alkanes) is 1. The molecular formula is C16H30N2O4. The van der Waals surface area contributed by atoms with E-state index < -0.39 is 12.0 Å². The van der Waals surface area contributed by atoms with Gasteiger partial charge in [0.15, 0.2) is 0 Å². The van der Waals surface area contributed by atoms with Gasteiger partial charge in [-0.3, -0.25) is 14.5 Å². The molecule has 0 radical (unpaired) electrons. The summed E-state index contributed by atoms with van der Waals surface area (Å²) in [6.45, 7) is 5.13. The van der Waals surface area contributed by atoms with Crippen molar-refractivity contribution >= 4 is 11.9 Å². The Morgan fingerprint density at radius 1 is 1.23 bits per heavy atom. The van der Waals surface area contributed by atoms with Crippen LogP contribution in [0.2, 0.25) is 0 Å². The van der Waals surface area contributed by atoms with Crippen LogP contribution in [0, 0.1) is 0 Å². The minimum absolute atomic E-state index is 0.0220. The molecule has 0 saturated carbocycles. The van der Waals surface area contributed by atoms with Crippen LogP contribution >= 0.6 is 0 Å². The van der Waals surface area contributed by atoms with Gasteiger partial charge >= 0.3 is 5.97 Å². The van der Waals surface area contributed by atoms with Crippen molar-refractivity contribution in [1.82, 2.24) is 10.2 Å². The minimum Gasteiger partial charge on any atom is -0.480 e. The van der Waals surface area contributed by atoms with Gasteiger partial charge in [0, 0.05) is 32.7 Å². The molecule has 0 rings (SSSR count). The van der Waals surface area contributed by atoms with Crippen LogP contribution in [0.4, 0.5) is 0 Å². The third-order valence-electron chi connectivity index (χ3n) is 3.39. The van der Waals surface area contributed by atoms with Crippen LogP contribution in [0.3, 0.4) is 0 Å². The molecule has 0 aromatic rings. The molecular weight excluding hydrogens is 284 g/mol. The molecule has 0 aliphatic rings. The molecule has 3 N–H and O–H groups in total. The third-order valence-corrected chi connectivity index (χ3v) is 3.39. The maximum atomic E-state index is 11.7. The van der Waals surface area contributed by atoms with E-state index in [9.17, 15) is 9.59 Å². The minimum atomic E-state index is -0.898. The second kappa shape index (κ2) is 13.3. The highest BCUT2D eigenvalue weighted by molar-refractivity contribution is 5.76. The van der Waals surface area contributed by atoms with Crippen LogP contribution in [0.15, 0.2) is 12.2 Å². The molecule has 0 aromatic heterocycles. The quantitative estimate of drug-likeness (QED) is 0.447. The second-order valence-electron chi connectivity index (χ2n) is 5.28. The molecule has 0 saturated heterocycles. The van der Waals surface area contributed by atoms with Crippen molar-refractivity contribution in [3.63, 3.8) is 0 Å². The van der Waals surface area contributed by atoms with Crippen molar-refractivity contribution in [3.8, 4) is 0 Å². The number of aliphatic carboxylic acids is 1. The molecule has 1 atom stereocenters. The van der Waals surface area contributed by atoms with Crippen molar-refractivity contribution < 1.29 is 19.8 Å². The lowest BCUT2D eigenvalue weighted by atomic mass is 10.2. The fourth-order valence-electron chi connectivity index (χ4n) is 1.97. The van der Waals surface area contributed by atoms with Gasteiger partial charge in [0.05, 0.1) is 0 Å². The first kappa shape index (κ1) is 20.6. The van der Waals surface area contributed by atoms with E-state index in [0.717, 1.165) is 19.3 Å². The van der Waals surface area contributed by atoms with E-state index >= 15 is 0 Å². The van der Waals surface area contributed by atoms with E-state index in [2.05, 4.69) is 18.3 Å². The van der Waals surface area contributed by atoms with Gasteiger partial charge in [-0.05, 0) is 26.2 Å². The van der Waals surface area contributed by atoms with Gasteiger partial charge in [-0.2, -0.15) is 0 Å². The summed E-state index contributed by atoms with van der Waals surface area (Å²) in [5.41, 5.74) is 0. The highest BCUT2D eigenvalue weighted by atomic mass is 16.4. The van der Waals surface area contributed by atoms with Crippen LogP contribution < -0.4 is 5.32 Å². The number of rotatable bonds is 13. The molecule has 0 heterocycles. The molecule has 0 spiro atoms. The number of carbonyl (C=O) groups is 2. The van der Waals surface area contributed by atoms with Crippen molar-refractivity contribution in [2.45, 2.75) is 52.0 Å². The van der Waals surface area contributed by atoms with Gasteiger partial charge in [0.2, 0.25) is 5.91 Å². The van der Waals surface area contributed by atoms with Crippen LogP contribution in [0.1, 0.15) is 46.0 Å². The number of nitrogens with one attached hydrogen (secondary N) is 1. The van der Waals surface area contributed by atoms with Crippen molar-refractivity contribution in [2.24, 2.45) is 0 Å². The number of aliphatic hydroxyl groups excluding tert-OH is 1. The standard InChI is InChI=1S/C16H30N2O4/c1-3-4-5-6-7-9-15(20)17-10-12-18(11-8-13-19)14(2)16(21)22/h5-6,14,19H,3-4,7-13H2,1-2H3,(H,17,20)(H,21,22)/b6-5+. The average molecular weight is 314 g/mol. The average Bonchev–Trinajstić information content (AvgIpc) is 2.49. The lowest BCUT2D eigenvalue weighted by Gasteiger charge is -2.26. The van der Waals surface area contributed by atoms with E-state index in [1.165, 1.54) is 0 Å². The van der Waals surface area contributed by atoms with E-state index in [1.54, 1.807) is 11.8 Å². The number of nitrogens with zero attached hydrogens (tertiary/aromatic N) is 1. The fraction of sp³-hybridized carbons (Fsp3) is 0.750. The number of hydrogen-bond acceptors (Lipinski definition) is 4. The van der Waals surface area contributed by atoms with Crippen molar-refractivity contribution in [3.05, 3.63) is 12.2 Å². The van der Waals surface area contributed by atoms with Crippen molar-refractivity contribution in [1.29, 1.82) is 0 Å². The second-order valence-corrected chi connectivity index (χ2v) is 5.28. The zero-order valence-electron chi connectivity index (χ0n) is 13.8. The van der Waals surface area contributed by atoms with Gasteiger partial charge in [-0.15, -0.1) is 0 Å². The Morgan fingerprint density at radius 2 is 1.91 bits per heavy atom. The summed E-state index contributed by atoms with van der Waals surface area (Å²) in [6.07, 6.45) is 7.94. The molecule has 128 valence electrons. The highest BCUT2D eigenvalue weighted by Crippen LogP contribution is 2.01. The molecule has 0 bridgehead atoms. The highest BCUT2D eigenvalue weighted by Gasteiger charge is 2.19. The van der Waals surface area contributed by atoms with Gasteiger partial charge < -0.3 is 15.5 Å². The largest absolute Gasteiger partial charge is 0.480 e. The Labute approximate surface area is 133 Å². The smallest absolute Gasteiger partial charge is 0.320 e. The summed E-state index contributed by atoms with van der Waals surface area (Å²) < 4.78 is 0. The Morgan fingerprint density at radius 3 is 2.50 bits per heavy atom. The van der Waals surface area contributed by atoms with Crippen LogP contribution in [0.5, 0.6) is 0 Å². The summed E-state index contributed by atoms with van der Waals surface area (Å²) in [4.78, 5) is 24.4. The van der Waals surface area contributed by atoms with Crippen molar-refractivity contribution in [2.75, 3.05) is 26.2 Å². The molecule has 1 amide bonds. The maximum absolute atomic E-state index is 11.7. The molecule has 0 aromatic carbocycles. The third kappa shape index (κ3) is 10.3. The monoisotopic (exact) mass is 314 g/mol. The summed E-state index contributed by atoms with van der Waals surface area (Å²) >= 11 is 0. The number of allylic oxidation sites excluding steroid dienone is 2. The van der Waals surface area contributed by atoms with E-state index in [1.807, 2.05) is 6.08 Å². The normalized spacial score (nSPS) is 12.7. The molecule has 1 unspecified atom stereocenters. The molecule has 0 fully saturated rings. The maximum Gasteiger partial charge on any atom is 0.320 e. The molecule has 0 aliphatic heterocycles. The summed E-state index contributed by atoms with van der Waals surface area (Å²) in [6, 6.07) is -0.625. The van der Waals surface area contributed by atoms with E-state index in [4.69, 9.17) is 10.2 Å². The van der Waals surface area contributed by atoms with Gasteiger partial charge in [-0.1, -0.05) is 25.5 Å². The first-order chi connectivity index (χ1) is 10.5. The Hall–Kier alpha value is -1.40.